The summed E-state index contributed by atoms with van der Waals surface area (Å²) in [5.41, 5.74) is 14.8. The first kappa shape index (κ1) is 35.6. The van der Waals surface area contributed by atoms with Crippen molar-refractivity contribution in [3.8, 4) is 44.5 Å². The second kappa shape index (κ2) is 14.8. The predicted octanol–water partition coefficient (Wildman–Crippen LogP) is 14.6. The van der Waals surface area contributed by atoms with E-state index >= 15 is 0 Å². The van der Waals surface area contributed by atoms with Crippen LogP contribution in [0.5, 0.6) is 0 Å². The SMILES string of the molecule is c1ccc(-c2cccc(C3=NC(c4ccc(-c5ccccc5)c5oc6c(-c7ccc8c(c7)oc7ccccc78)cccc6c45)=NC(c4cccc(-c5ccccc5)c4)N3)c2)cc1. The minimum Gasteiger partial charge on any atom is -0.456 e. The third-order valence-electron chi connectivity index (χ3n) is 12.0. The second-order valence-electron chi connectivity index (χ2n) is 15.7. The van der Waals surface area contributed by atoms with Gasteiger partial charge in [0.05, 0.1) is 0 Å². The van der Waals surface area contributed by atoms with Gasteiger partial charge in [0.15, 0.2) is 5.84 Å². The molecule has 1 aliphatic rings. The van der Waals surface area contributed by atoms with E-state index in [0.29, 0.717) is 5.84 Å². The van der Waals surface area contributed by atoms with E-state index in [-0.39, 0.29) is 0 Å². The second-order valence-corrected chi connectivity index (χ2v) is 15.7. The summed E-state index contributed by atoms with van der Waals surface area (Å²) in [6.45, 7) is 0. The molecule has 9 aromatic carbocycles. The molecule has 1 unspecified atom stereocenters. The largest absolute Gasteiger partial charge is 0.456 e. The number of fused-ring (bicyclic) bond motifs is 6. The Morgan fingerprint density at radius 2 is 0.968 bits per heavy atom. The fraction of sp³-hybridized carbons (Fsp3) is 0.0175. The molecule has 2 aromatic heterocycles. The van der Waals surface area contributed by atoms with Crippen molar-refractivity contribution < 1.29 is 8.83 Å². The smallest absolute Gasteiger partial charge is 0.160 e. The van der Waals surface area contributed by atoms with Crippen LogP contribution in [0.3, 0.4) is 0 Å². The van der Waals surface area contributed by atoms with Gasteiger partial charge in [-0.3, -0.25) is 0 Å². The lowest BCUT2D eigenvalue weighted by atomic mass is 9.96. The molecular weight excluding hydrogens is 759 g/mol. The molecule has 0 aliphatic carbocycles. The first-order valence-electron chi connectivity index (χ1n) is 20.9. The molecule has 1 aliphatic heterocycles. The number of aliphatic imine (C=N–C) groups is 2. The number of para-hydroxylation sites is 2. The third kappa shape index (κ3) is 6.18. The molecule has 0 saturated carbocycles. The number of nitrogens with zero attached hydrogens (tertiary/aromatic N) is 2. The molecular formula is C57H37N3O2. The van der Waals surface area contributed by atoms with E-state index in [2.05, 4.69) is 181 Å². The lowest BCUT2D eigenvalue weighted by molar-refractivity contribution is 0.668. The van der Waals surface area contributed by atoms with Gasteiger partial charge < -0.3 is 14.2 Å². The molecule has 11 aromatic rings. The molecule has 292 valence electrons. The molecule has 1 atom stereocenters. The van der Waals surface area contributed by atoms with Crippen molar-refractivity contribution in [1.29, 1.82) is 0 Å². The summed E-state index contributed by atoms with van der Waals surface area (Å²) in [4.78, 5) is 10.8. The summed E-state index contributed by atoms with van der Waals surface area (Å²) in [5.74, 6) is 1.37. The quantitative estimate of drug-likeness (QED) is 0.175. The maximum Gasteiger partial charge on any atom is 0.160 e. The normalized spacial score (nSPS) is 14.0. The summed E-state index contributed by atoms with van der Waals surface area (Å²) in [7, 11) is 0. The molecule has 0 spiro atoms. The number of benzene rings is 9. The van der Waals surface area contributed by atoms with Crippen molar-refractivity contribution in [1.82, 2.24) is 5.32 Å². The number of rotatable bonds is 7. The van der Waals surface area contributed by atoms with Crippen LogP contribution in [0.2, 0.25) is 0 Å². The van der Waals surface area contributed by atoms with Crippen molar-refractivity contribution in [2.45, 2.75) is 6.17 Å². The number of nitrogens with one attached hydrogen (secondary N) is 1. The number of furan rings is 2. The van der Waals surface area contributed by atoms with Gasteiger partial charge >= 0.3 is 0 Å². The number of hydrogen-bond acceptors (Lipinski definition) is 5. The van der Waals surface area contributed by atoms with Crippen LogP contribution in [0.1, 0.15) is 22.9 Å². The Morgan fingerprint density at radius 1 is 0.371 bits per heavy atom. The van der Waals surface area contributed by atoms with Gasteiger partial charge in [-0.05, 0) is 81.4 Å². The van der Waals surface area contributed by atoms with Gasteiger partial charge in [0.1, 0.15) is 34.3 Å². The molecule has 0 amide bonds. The van der Waals surface area contributed by atoms with Gasteiger partial charge in [-0.1, -0.05) is 170 Å². The Labute approximate surface area is 358 Å². The number of hydrogen-bond donors (Lipinski definition) is 1. The van der Waals surface area contributed by atoms with E-state index in [0.717, 1.165) is 111 Å². The van der Waals surface area contributed by atoms with Gasteiger partial charge in [-0.2, -0.15) is 0 Å². The van der Waals surface area contributed by atoms with Crippen molar-refractivity contribution in [2.24, 2.45) is 9.98 Å². The van der Waals surface area contributed by atoms with Gasteiger partial charge in [0.2, 0.25) is 0 Å². The van der Waals surface area contributed by atoms with Crippen LogP contribution in [0.4, 0.5) is 0 Å². The maximum atomic E-state index is 7.13. The molecule has 0 saturated heterocycles. The highest BCUT2D eigenvalue weighted by Gasteiger charge is 2.26. The maximum absolute atomic E-state index is 7.13. The fourth-order valence-corrected chi connectivity index (χ4v) is 8.94. The molecule has 0 fully saturated rings. The van der Waals surface area contributed by atoms with Gasteiger partial charge in [-0.25, -0.2) is 9.98 Å². The zero-order chi connectivity index (χ0) is 41.0. The minimum atomic E-state index is -0.422. The summed E-state index contributed by atoms with van der Waals surface area (Å²) in [6, 6.07) is 73.9. The topological polar surface area (TPSA) is 63.0 Å². The molecule has 1 N–H and O–H groups in total. The average Bonchev–Trinajstić information content (AvgIpc) is 3.93. The zero-order valence-electron chi connectivity index (χ0n) is 33.5. The first-order valence-corrected chi connectivity index (χ1v) is 20.9. The van der Waals surface area contributed by atoms with E-state index < -0.39 is 6.17 Å². The molecule has 3 heterocycles. The Bertz CT molecular complexity index is 3550. The van der Waals surface area contributed by atoms with Gasteiger partial charge in [0, 0.05) is 43.8 Å². The van der Waals surface area contributed by atoms with Crippen molar-refractivity contribution in [2.75, 3.05) is 0 Å². The van der Waals surface area contributed by atoms with E-state index in [4.69, 9.17) is 18.8 Å². The van der Waals surface area contributed by atoms with Crippen molar-refractivity contribution >= 4 is 55.5 Å². The van der Waals surface area contributed by atoms with Crippen LogP contribution in [-0.2, 0) is 0 Å². The van der Waals surface area contributed by atoms with Crippen LogP contribution in [0, 0.1) is 0 Å². The highest BCUT2D eigenvalue weighted by molar-refractivity contribution is 6.25. The van der Waals surface area contributed by atoms with Crippen molar-refractivity contribution in [3.63, 3.8) is 0 Å². The summed E-state index contributed by atoms with van der Waals surface area (Å²) in [6.07, 6.45) is -0.422. The van der Waals surface area contributed by atoms with Gasteiger partial charge in [0.25, 0.3) is 0 Å². The molecule has 0 bridgehead atoms. The number of amidine groups is 2. The lowest BCUT2D eigenvalue weighted by Gasteiger charge is -2.24. The third-order valence-corrected chi connectivity index (χ3v) is 12.0. The van der Waals surface area contributed by atoms with Crippen LogP contribution in [0.15, 0.2) is 231 Å². The average molecular weight is 796 g/mol. The molecule has 5 heteroatoms. The van der Waals surface area contributed by atoms with Crippen LogP contribution >= 0.6 is 0 Å². The Hall–Kier alpha value is -8.28. The Morgan fingerprint density at radius 3 is 1.76 bits per heavy atom. The minimum absolute atomic E-state index is 0.422. The van der Waals surface area contributed by atoms with Crippen molar-refractivity contribution in [3.05, 3.63) is 229 Å². The predicted molar refractivity (Wildman–Crippen MR) is 255 cm³/mol. The molecule has 62 heavy (non-hydrogen) atoms. The zero-order valence-corrected chi connectivity index (χ0v) is 33.5. The molecule has 12 rings (SSSR count). The standard InChI is InChI=1S/C57H37N3O2/c1-4-15-36(16-5-1)39-21-12-23-42(33-39)55-58-56(43-24-13-22-40(34-43)37-17-6-2-7-18-37)60-57(59-55)49-32-31-45(38-19-8-3-9-20-38)54-52(49)48-27-14-26-44(53(48)62-54)41-29-30-47-46-25-10-11-28-50(46)61-51(47)35-41/h1-35,55H,(H,58,59,60). The molecule has 0 radical (unpaired) electrons. The van der Waals surface area contributed by atoms with Crippen LogP contribution in [-0.4, -0.2) is 11.7 Å². The Kier molecular flexibility index (Phi) is 8.49. The highest BCUT2D eigenvalue weighted by atomic mass is 16.3. The summed E-state index contributed by atoms with van der Waals surface area (Å²) >= 11 is 0. The highest BCUT2D eigenvalue weighted by Crippen LogP contribution is 2.43. The van der Waals surface area contributed by atoms with E-state index in [1.165, 1.54) is 0 Å². The van der Waals surface area contributed by atoms with E-state index in [1.807, 2.05) is 36.4 Å². The fourth-order valence-electron chi connectivity index (χ4n) is 8.94. The van der Waals surface area contributed by atoms with E-state index in [9.17, 15) is 0 Å². The lowest BCUT2D eigenvalue weighted by Crippen LogP contribution is -2.33. The first-order chi connectivity index (χ1) is 30.7. The molecule has 5 nitrogen and oxygen atoms in total. The summed E-state index contributed by atoms with van der Waals surface area (Å²) < 4.78 is 13.5. The Balaban J connectivity index is 1.07. The van der Waals surface area contributed by atoms with Crippen LogP contribution < -0.4 is 5.32 Å². The van der Waals surface area contributed by atoms with Gasteiger partial charge in [-0.15, -0.1) is 0 Å². The van der Waals surface area contributed by atoms with Crippen LogP contribution in [0.25, 0.3) is 88.4 Å². The van der Waals surface area contributed by atoms with E-state index in [1.54, 1.807) is 0 Å². The summed E-state index contributed by atoms with van der Waals surface area (Å²) in [5, 5.41) is 7.89. The monoisotopic (exact) mass is 795 g/mol.